The molecule has 2 aromatic rings. The Hall–Kier alpha value is -2.20. The molecule has 1 atom stereocenters. The van der Waals surface area contributed by atoms with Crippen molar-refractivity contribution in [3.63, 3.8) is 0 Å². The van der Waals surface area contributed by atoms with Crippen molar-refractivity contribution in [1.29, 1.82) is 0 Å². The van der Waals surface area contributed by atoms with Gasteiger partial charge < -0.3 is 0 Å². The number of hydrogen-bond donors (Lipinski definition) is 0. The van der Waals surface area contributed by atoms with Crippen molar-refractivity contribution in [2.45, 2.75) is 19.3 Å². The molecule has 0 N–H and O–H groups in total. The van der Waals surface area contributed by atoms with Crippen LogP contribution in [0.3, 0.4) is 0 Å². The Labute approximate surface area is 111 Å². The highest BCUT2D eigenvalue weighted by Crippen LogP contribution is 2.34. The van der Waals surface area contributed by atoms with E-state index in [1.807, 2.05) is 59.5 Å². The van der Waals surface area contributed by atoms with E-state index >= 15 is 0 Å². The summed E-state index contributed by atoms with van der Waals surface area (Å²) < 4.78 is 0. The Morgan fingerprint density at radius 3 is 2.53 bits per heavy atom. The van der Waals surface area contributed by atoms with E-state index < -0.39 is 6.17 Å². The fourth-order valence-electron chi connectivity index (χ4n) is 2.64. The molecule has 0 bridgehead atoms. The van der Waals surface area contributed by atoms with Crippen molar-refractivity contribution in [3.05, 3.63) is 81.4 Å². The molecule has 0 aromatic heterocycles. The molecule has 1 unspecified atom stereocenters. The Balaban J connectivity index is 1.89. The molecule has 1 aliphatic rings. The first-order chi connectivity index (χ1) is 9.25. The lowest BCUT2D eigenvalue weighted by atomic mass is 10.1. The van der Waals surface area contributed by atoms with Crippen LogP contribution in [0.4, 0.5) is 0 Å². The Bertz CT molecular complexity index is 598. The summed E-state index contributed by atoms with van der Waals surface area (Å²) in [6.07, 6.45) is -0.726. The first kappa shape index (κ1) is 11.9. The van der Waals surface area contributed by atoms with Gasteiger partial charge >= 0.3 is 0 Å². The van der Waals surface area contributed by atoms with Gasteiger partial charge in [-0.3, -0.25) is 10.1 Å². The maximum absolute atomic E-state index is 11.3. The summed E-state index contributed by atoms with van der Waals surface area (Å²) >= 11 is 0. The molecular formula is C15H14N2O2. The van der Waals surface area contributed by atoms with Crippen LogP contribution in [0.25, 0.3) is 0 Å². The molecule has 0 saturated carbocycles. The van der Waals surface area contributed by atoms with Crippen LogP contribution < -0.4 is 0 Å². The summed E-state index contributed by atoms with van der Waals surface area (Å²) in [7, 11) is 0. The molecule has 0 saturated heterocycles. The molecule has 4 heteroatoms. The minimum Gasteiger partial charge on any atom is -0.262 e. The molecule has 4 nitrogen and oxygen atoms in total. The summed E-state index contributed by atoms with van der Waals surface area (Å²) in [6, 6.07) is 17.5. The lowest BCUT2D eigenvalue weighted by molar-refractivity contribution is -0.557. The zero-order chi connectivity index (χ0) is 13.2. The second kappa shape index (κ2) is 4.82. The molecule has 1 aliphatic heterocycles. The van der Waals surface area contributed by atoms with Crippen LogP contribution in [0.15, 0.2) is 54.6 Å². The van der Waals surface area contributed by atoms with Gasteiger partial charge in [-0.2, -0.15) is 0 Å². The standard InChI is InChI=1S/C15H14N2O2/c18-17(19)15-14-9-5-4-8-13(14)11-16(15)10-12-6-2-1-3-7-12/h1-9,15H,10-11H2. The Morgan fingerprint density at radius 1 is 1.11 bits per heavy atom. The van der Waals surface area contributed by atoms with Crippen LogP contribution in [0.5, 0.6) is 0 Å². The average Bonchev–Trinajstić information content (AvgIpc) is 2.77. The summed E-state index contributed by atoms with van der Waals surface area (Å²) in [6.45, 7) is 1.23. The van der Waals surface area contributed by atoms with Crippen LogP contribution in [-0.4, -0.2) is 9.82 Å². The predicted octanol–water partition coefficient (Wildman–Crippen LogP) is 2.98. The van der Waals surface area contributed by atoms with Crippen molar-refractivity contribution >= 4 is 0 Å². The summed E-state index contributed by atoms with van der Waals surface area (Å²) in [5, 5.41) is 11.3. The normalized spacial score (nSPS) is 18.2. The van der Waals surface area contributed by atoms with Gasteiger partial charge in [-0.25, -0.2) is 4.90 Å². The van der Waals surface area contributed by atoms with Gasteiger partial charge in [-0.15, -0.1) is 0 Å². The Morgan fingerprint density at radius 2 is 1.79 bits per heavy atom. The highest BCUT2D eigenvalue weighted by atomic mass is 16.6. The van der Waals surface area contributed by atoms with Crippen molar-refractivity contribution in [1.82, 2.24) is 4.90 Å². The van der Waals surface area contributed by atoms with Gasteiger partial charge in [0.15, 0.2) is 0 Å². The molecule has 19 heavy (non-hydrogen) atoms. The number of benzene rings is 2. The average molecular weight is 254 g/mol. The second-order valence-corrected chi connectivity index (χ2v) is 4.75. The van der Waals surface area contributed by atoms with Crippen molar-refractivity contribution < 1.29 is 4.92 Å². The van der Waals surface area contributed by atoms with E-state index in [2.05, 4.69) is 0 Å². The third-order valence-corrected chi connectivity index (χ3v) is 3.48. The molecule has 0 aliphatic carbocycles. The summed E-state index contributed by atoms with van der Waals surface area (Å²) in [4.78, 5) is 13.0. The van der Waals surface area contributed by atoms with Gasteiger partial charge in [0.2, 0.25) is 0 Å². The number of nitro groups is 1. The van der Waals surface area contributed by atoms with Crippen LogP contribution in [0.2, 0.25) is 0 Å². The lowest BCUT2D eigenvalue weighted by Crippen LogP contribution is -2.27. The van der Waals surface area contributed by atoms with Gasteiger partial charge in [-0.1, -0.05) is 54.6 Å². The molecule has 3 rings (SSSR count). The number of hydrogen-bond acceptors (Lipinski definition) is 3. The molecule has 1 heterocycles. The minimum atomic E-state index is -0.726. The van der Waals surface area contributed by atoms with E-state index in [-0.39, 0.29) is 4.92 Å². The number of nitrogens with zero attached hydrogens (tertiary/aromatic N) is 2. The lowest BCUT2D eigenvalue weighted by Gasteiger charge is -2.18. The van der Waals surface area contributed by atoms with Crippen molar-refractivity contribution in [2.75, 3.05) is 0 Å². The van der Waals surface area contributed by atoms with E-state index in [0.717, 1.165) is 16.7 Å². The molecule has 96 valence electrons. The monoisotopic (exact) mass is 254 g/mol. The maximum Gasteiger partial charge on any atom is 0.295 e. The highest BCUT2D eigenvalue weighted by molar-refractivity contribution is 5.32. The smallest absolute Gasteiger partial charge is 0.262 e. The topological polar surface area (TPSA) is 46.4 Å². The third kappa shape index (κ3) is 2.22. The summed E-state index contributed by atoms with van der Waals surface area (Å²) in [5.41, 5.74) is 2.98. The van der Waals surface area contributed by atoms with E-state index in [0.29, 0.717) is 13.1 Å². The van der Waals surface area contributed by atoms with E-state index in [1.54, 1.807) is 0 Å². The second-order valence-electron chi connectivity index (χ2n) is 4.75. The fraction of sp³-hybridized carbons (Fsp3) is 0.200. The zero-order valence-electron chi connectivity index (χ0n) is 10.4. The molecule has 2 aromatic carbocycles. The van der Waals surface area contributed by atoms with Crippen molar-refractivity contribution in [2.24, 2.45) is 0 Å². The van der Waals surface area contributed by atoms with E-state index in [4.69, 9.17) is 0 Å². The quantitative estimate of drug-likeness (QED) is 0.625. The molecule has 0 fully saturated rings. The molecular weight excluding hydrogens is 240 g/mol. The fourth-order valence-corrected chi connectivity index (χ4v) is 2.64. The first-order valence-electron chi connectivity index (χ1n) is 6.25. The third-order valence-electron chi connectivity index (χ3n) is 3.48. The van der Waals surface area contributed by atoms with Crippen LogP contribution >= 0.6 is 0 Å². The highest BCUT2D eigenvalue weighted by Gasteiger charge is 2.38. The van der Waals surface area contributed by atoms with Crippen LogP contribution in [0.1, 0.15) is 22.9 Å². The Kier molecular flexibility index (Phi) is 3.01. The van der Waals surface area contributed by atoms with E-state index in [1.165, 1.54) is 0 Å². The van der Waals surface area contributed by atoms with Gasteiger partial charge in [0, 0.05) is 23.6 Å². The SMILES string of the molecule is O=[N+]([O-])C1c2ccccc2CN1Cc1ccccc1. The van der Waals surface area contributed by atoms with Crippen molar-refractivity contribution in [3.8, 4) is 0 Å². The largest absolute Gasteiger partial charge is 0.295 e. The summed E-state index contributed by atoms with van der Waals surface area (Å²) in [5.74, 6) is 0. The van der Waals surface area contributed by atoms with Gasteiger partial charge in [-0.05, 0) is 11.1 Å². The van der Waals surface area contributed by atoms with Gasteiger partial charge in [0.25, 0.3) is 6.17 Å². The van der Waals surface area contributed by atoms with Crippen LogP contribution in [0, 0.1) is 10.1 Å². The maximum atomic E-state index is 11.3. The molecule has 0 amide bonds. The minimum absolute atomic E-state index is 0.200. The van der Waals surface area contributed by atoms with E-state index in [9.17, 15) is 10.1 Å². The van der Waals surface area contributed by atoms with Crippen LogP contribution in [-0.2, 0) is 13.1 Å². The number of rotatable bonds is 3. The predicted molar refractivity (Wildman–Crippen MR) is 71.9 cm³/mol. The molecule has 0 spiro atoms. The number of fused-ring (bicyclic) bond motifs is 1. The van der Waals surface area contributed by atoms with Gasteiger partial charge in [0.05, 0.1) is 0 Å². The van der Waals surface area contributed by atoms with Gasteiger partial charge in [0.1, 0.15) is 0 Å². The zero-order valence-corrected chi connectivity index (χ0v) is 10.4. The molecule has 0 radical (unpaired) electrons. The first-order valence-corrected chi connectivity index (χ1v) is 6.25.